The predicted molar refractivity (Wildman–Crippen MR) is 92.4 cm³/mol. The minimum atomic E-state index is -0.0702. The first-order chi connectivity index (χ1) is 11.7. The number of benzene rings is 1. The molecule has 6 nitrogen and oxygen atoms in total. The SMILES string of the molecule is CCn1nc(C(=O)N[C@@H]2CN3CCC2CC3)c2cc(OC)ccc21. The van der Waals surface area contributed by atoms with E-state index in [9.17, 15) is 4.79 Å². The molecule has 24 heavy (non-hydrogen) atoms. The first kappa shape index (κ1) is 15.4. The molecular formula is C18H24N4O2. The largest absolute Gasteiger partial charge is 0.497 e. The predicted octanol–water partition coefficient (Wildman–Crippen LogP) is 1.89. The van der Waals surface area contributed by atoms with Crippen LogP contribution in [0.3, 0.4) is 0 Å². The molecule has 3 aliphatic heterocycles. The number of amides is 1. The molecule has 3 aliphatic rings. The van der Waals surface area contributed by atoms with Crippen LogP contribution in [0, 0.1) is 5.92 Å². The van der Waals surface area contributed by atoms with Crippen molar-refractivity contribution in [1.29, 1.82) is 0 Å². The molecule has 6 heteroatoms. The Hall–Kier alpha value is -2.08. The van der Waals surface area contributed by atoms with Crippen LogP contribution in [0.15, 0.2) is 18.2 Å². The molecule has 4 heterocycles. The summed E-state index contributed by atoms with van der Waals surface area (Å²) in [5.74, 6) is 1.28. The number of hydrogen-bond acceptors (Lipinski definition) is 4. The van der Waals surface area contributed by atoms with Gasteiger partial charge >= 0.3 is 0 Å². The third kappa shape index (κ3) is 2.55. The first-order valence-electron chi connectivity index (χ1n) is 8.77. The summed E-state index contributed by atoms with van der Waals surface area (Å²) in [6.45, 7) is 6.07. The van der Waals surface area contributed by atoms with Crippen molar-refractivity contribution in [3.05, 3.63) is 23.9 Å². The van der Waals surface area contributed by atoms with E-state index in [0.29, 0.717) is 11.6 Å². The van der Waals surface area contributed by atoms with Crippen molar-refractivity contribution in [2.24, 2.45) is 5.92 Å². The number of ether oxygens (including phenoxy) is 1. The maximum absolute atomic E-state index is 12.9. The average Bonchev–Trinajstić information content (AvgIpc) is 3.00. The second-order valence-corrected chi connectivity index (χ2v) is 6.77. The Balaban J connectivity index is 1.64. The average molecular weight is 328 g/mol. The quantitative estimate of drug-likeness (QED) is 0.931. The molecule has 0 unspecified atom stereocenters. The molecule has 0 aliphatic carbocycles. The van der Waals surface area contributed by atoms with Crippen LogP contribution < -0.4 is 10.1 Å². The van der Waals surface area contributed by atoms with Crippen molar-refractivity contribution in [3.63, 3.8) is 0 Å². The van der Waals surface area contributed by atoms with Crippen molar-refractivity contribution in [3.8, 4) is 5.75 Å². The molecule has 1 N–H and O–H groups in total. The highest BCUT2D eigenvalue weighted by molar-refractivity contribution is 6.05. The van der Waals surface area contributed by atoms with Gasteiger partial charge in [-0.1, -0.05) is 0 Å². The fraction of sp³-hybridized carbons (Fsp3) is 0.556. The summed E-state index contributed by atoms with van der Waals surface area (Å²) in [5.41, 5.74) is 1.47. The van der Waals surface area contributed by atoms with Crippen LogP contribution in [0.25, 0.3) is 10.9 Å². The number of nitrogens with zero attached hydrogens (tertiary/aromatic N) is 3. The van der Waals surface area contributed by atoms with Gasteiger partial charge in [0.25, 0.3) is 5.91 Å². The summed E-state index contributed by atoms with van der Waals surface area (Å²) in [6.07, 6.45) is 2.37. The number of carbonyl (C=O) groups is 1. The van der Waals surface area contributed by atoms with Crippen molar-refractivity contribution >= 4 is 16.8 Å². The van der Waals surface area contributed by atoms with E-state index in [-0.39, 0.29) is 11.9 Å². The summed E-state index contributed by atoms with van der Waals surface area (Å²) >= 11 is 0. The minimum Gasteiger partial charge on any atom is -0.497 e. The van der Waals surface area contributed by atoms with Gasteiger partial charge in [0.1, 0.15) is 5.75 Å². The lowest BCUT2D eigenvalue weighted by molar-refractivity contribution is 0.0618. The normalized spacial score (nSPS) is 25.8. The van der Waals surface area contributed by atoms with Crippen LogP contribution in [-0.2, 0) is 6.54 Å². The monoisotopic (exact) mass is 328 g/mol. The molecule has 128 valence electrons. The fourth-order valence-corrected chi connectivity index (χ4v) is 4.06. The fourth-order valence-electron chi connectivity index (χ4n) is 4.06. The number of hydrogen-bond donors (Lipinski definition) is 1. The minimum absolute atomic E-state index is 0.0702. The van der Waals surface area contributed by atoms with E-state index in [1.807, 2.05) is 29.8 Å². The summed E-state index contributed by atoms with van der Waals surface area (Å²) in [6, 6.07) is 6.02. The Labute approximate surface area is 141 Å². The maximum Gasteiger partial charge on any atom is 0.272 e. The number of rotatable bonds is 4. The van der Waals surface area contributed by atoms with E-state index in [1.54, 1.807) is 7.11 Å². The molecule has 2 aromatic rings. The Bertz CT molecular complexity index is 762. The van der Waals surface area contributed by atoms with Gasteiger partial charge in [0.15, 0.2) is 5.69 Å². The zero-order valence-electron chi connectivity index (χ0n) is 14.3. The zero-order chi connectivity index (χ0) is 16.7. The molecule has 2 bridgehead atoms. The van der Waals surface area contributed by atoms with Gasteiger partial charge in [-0.3, -0.25) is 9.48 Å². The number of methoxy groups -OCH3 is 1. The van der Waals surface area contributed by atoms with E-state index in [1.165, 1.54) is 25.9 Å². The van der Waals surface area contributed by atoms with E-state index in [0.717, 1.165) is 29.7 Å². The number of fused-ring (bicyclic) bond motifs is 4. The lowest BCUT2D eigenvalue weighted by Gasteiger charge is -2.44. The van der Waals surface area contributed by atoms with E-state index in [4.69, 9.17) is 4.74 Å². The lowest BCUT2D eigenvalue weighted by Crippen LogP contribution is -2.57. The molecule has 3 fully saturated rings. The highest BCUT2D eigenvalue weighted by Crippen LogP contribution is 2.28. The van der Waals surface area contributed by atoms with Crippen LogP contribution in [0.2, 0.25) is 0 Å². The summed E-state index contributed by atoms with van der Waals surface area (Å²) in [4.78, 5) is 15.3. The summed E-state index contributed by atoms with van der Waals surface area (Å²) < 4.78 is 7.19. The van der Waals surface area contributed by atoms with Crippen LogP contribution in [-0.4, -0.2) is 53.4 Å². The van der Waals surface area contributed by atoms with Crippen molar-refractivity contribution in [2.75, 3.05) is 26.7 Å². The second kappa shape index (κ2) is 6.09. The summed E-state index contributed by atoms with van der Waals surface area (Å²) in [7, 11) is 1.64. The van der Waals surface area contributed by atoms with Crippen molar-refractivity contribution in [1.82, 2.24) is 20.0 Å². The third-order valence-corrected chi connectivity index (χ3v) is 5.44. The van der Waals surface area contributed by atoms with E-state index < -0.39 is 0 Å². The lowest BCUT2D eigenvalue weighted by atomic mass is 9.84. The molecule has 1 aromatic heterocycles. The van der Waals surface area contributed by atoms with Crippen LogP contribution in [0.5, 0.6) is 5.75 Å². The first-order valence-corrected chi connectivity index (χ1v) is 8.77. The molecule has 0 radical (unpaired) electrons. The smallest absolute Gasteiger partial charge is 0.272 e. The van der Waals surface area contributed by atoms with Gasteiger partial charge in [0.2, 0.25) is 0 Å². The Morgan fingerprint density at radius 1 is 1.38 bits per heavy atom. The molecule has 3 saturated heterocycles. The number of aryl methyl sites for hydroxylation is 1. The molecular weight excluding hydrogens is 304 g/mol. The van der Waals surface area contributed by atoms with Gasteiger partial charge in [-0.15, -0.1) is 0 Å². The highest BCUT2D eigenvalue weighted by atomic mass is 16.5. The highest BCUT2D eigenvalue weighted by Gasteiger charge is 2.35. The number of carbonyl (C=O) groups excluding carboxylic acids is 1. The standard InChI is InChI=1S/C18H24N4O2/c1-3-22-16-5-4-13(24-2)10-14(16)17(20-22)18(23)19-15-11-21-8-6-12(15)7-9-21/h4-5,10,12,15H,3,6-9,11H2,1-2H3,(H,19,23)/t15-/m1/s1. The van der Waals surface area contributed by atoms with Crippen LogP contribution >= 0.6 is 0 Å². The molecule has 0 spiro atoms. The Morgan fingerprint density at radius 2 is 2.17 bits per heavy atom. The van der Waals surface area contributed by atoms with Crippen molar-refractivity contribution in [2.45, 2.75) is 32.4 Å². The third-order valence-electron chi connectivity index (χ3n) is 5.44. The molecule has 0 saturated carbocycles. The number of piperidine rings is 3. The number of nitrogens with one attached hydrogen (secondary N) is 1. The van der Waals surface area contributed by atoms with Gasteiger partial charge in [0, 0.05) is 24.5 Å². The van der Waals surface area contributed by atoms with E-state index in [2.05, 4.69) is 15.3 Å². The van der Waals surface area contributed by atoms with Crippen molar-refractivity contribution < 1.29 is 9.53 Å². The van der Waals surface area contributed by atoms with Gasteiger partial charge in [-0.05, 0) is 57.0 Å². The maximum atomic E-state index is 12.9. The Morgan fingerprint density at radius 3 is 2.79 bits per heavy atom. The molecule has 1 amide bonds. The van der Waals surface area contributed by atoms with Gasteiger partial charge in [0.05, 0.1) is 12.6 Å². The van der Waals surface area contributed by atoms with Crippen LogP contribution in [0.1, 0.15) is 30.3 Å². The van der Waals surface area contributed by atoms with Gasteiger partial charge in [-0.2, -0.15) is 5.10 Å². The molecule has 1 atom stereocenters. The molecule has 1 aromatic carbocycles. The zero-order valence-corrected chi connectivity index (χ0v) is 14.3. The van der Waals surface area contributed by atoms with Crippen LogP contribution in [0.4, 0.5) is 0 Å². The number of aromatic nitrogens is 2. The Kier molecular flexibility index (Phi) is 3.92. The summed E-state index contributed by atoms with van der Waals surface area (Å²) in [5, 5.41) is 8.64. The van der Waals surface area contributed by atoms with E-state index >= 15 is 0 Å². The van der Waals surface area contributed by atoms with Gasteiger partial charge < -0.3 is 15.0 Å². The second-order valence-electron chi connectivity index (χ2n) is 6.77. The molecule has 5 rings (SSSR count). The van der Waals surface area contributed by atoms with Gasteiger partial charge in [-0.25, -0.2) is 0 Å². The topological polar surface area (TPSA) is 59.4 Å².